The first-order chi connectivity index (χ1) is 10.5. The summed E-state index contributed by atoms with van der Waals surface area (Å²) >= 11 is 0. The van der Waals surface area contributed by atoms with E-state index in [-0.39, 0.29) is 18.1 Å². The Balaban J connectivity index is 1.65. The molecule has 7 heteroatoms. The average molecular weight is 300 g/mol. The first-order valence-corrected chi connectivity index (χ1v) is 6.87. The minimum atomic E-state index is -0.197. The molecule has 0 aliphatic carbocycles. The Hall–Kier alpha value is -2.70. The molecule has 114 valence electrons. The molecule has 0 fully saturated rings. The van der Waals surface area contributed by atoms with Gasteiger partial charge in [0.15, 0.2) is 12.4 Å². The van der Waals surface area contributed by atoms with Gasteiger partial charge in [-0.1, -0.05) is 49.3 Å². The Morgan fingerprint density at radius 3 is 2.45 bits per heavy atom. The molecule has 0 unspecified atom stereocenters. The number of nitrogens with zero attached hydrogens (tertiary/aromatic N) is 4. The van der Waals surface area contributed by atoms with Crippen molar-refractivity contribution in [3.8, 4) is 17.5 Å². The molecule has 3 aromatic rings. The van der Waals surface area contributed by atoms with Gasteiger partial charge in [-0.25, -0.2) is 0 Å². The van der Waals surface area contributed by atoms with Crippen molar-refractivity contribution < 1.29 is 13.8 Å². The lowest BCUT2D eigenvalue weighted by Gasteiger charge is -2.10. The molecule has 0 spiro atoms. The van der Waals surface area contributed by atoms with Crippen LogP contribution in [0.4, 0.5) is 0 Å². The molecule has 0 amide bonds. The summed E-state index contributed by atoms with van der Waals surface area (Å²) in [6, 6.07) is 9.52. The van der Waals surface area contributed by atoms with Crippen molar-refractivity contribution in [3.63, 3.8) is 0 Å². The van der Waals surface area contributed by atoms with Crippen LogP contribution in [0, 0.1) is 0 Å². The van der Waals surface area contributed by atoms with Crippen molar-refractivity contribution in [2.45, 2.75) is 32.8 Å². The van der Waals surface area contributed by atoms with Crippen molar-refractivity contribution in [3.05, 3.63) is 42.0 Å². The van der Waals surface area contributed by atoms with E-state index in [0.717, 1.165) is 5.56 Å². The van der Waals surface area contributed by atoms with E-state index < -0.39 is 0 Å². The topological polar surface area (TPSA) is 87.1 Å². The lowest BCUT2D eigenvalue weighted by Crippen LogP contribution is -2.13. The maximum atomic E-state index is 5.39. The summed E-state index contributed by atoms with van der Waals surface area (Å²) in [7, 11) is 0. The van der Waals surface area contributed by atoms with Crippen LogP contribution in [0.25, 0.3) is 11.5 Å². The zero-order valence-corrected chi connectivity index (χ0v) is 12.6. The van der Waals surface area contributed by atoms with Crippen molar-refractivity contribution in [2.24, 2.45) is 0 Å². The van der Waals surface area contributed by atoms with E-state index in [1.807, 2.05) is 51.1 Å². The molecule has 0 N–H and O–H groups in total. The second-order valence-corrected chi connectivity index (χ2v) is 5.80. The molecule has 0 atom stereocenters. The molecule has 7 nitrogen and oxygen atoms in total. The summed E-state index contributed by atoms with van der Waals surface area (Å²) in [6.45, 7) is 6.08. The van der Waals surface area contributed by atoms with E-state index in [1.165, 1.54) is 0 Å². The molecule has 0 bridgehead atoms. The van der Waals surface area contributed by atoms with Gasteiger partial charge in [0.25, 0.3) is 5.89 Å². The fraction of sp³-hybridized carbons (Fsp3) is 0.333. The molecular weight excluding hydrogens is 284 g/mol. The molecule has 0 radical (unpaired) electrons. The van der Waals surface area contributed by atoms with Crippen LogP contribution in [0.3, 0.4) is 0 Å². The summed E-state index contributed by atoms with van der Waals surface area (Å²) in [5, 5.41) is 7.74. The highest BCUT2D eigenvalue weighted by Gasteiger charge is 2.21. The number of hydrogen-bond acceptors (Lipinski definition) is 7. The predicted molar refractivity (Wildman–Crippen MR) is 77.1 cm³/mol. The van der Waals surface area contributed by atoms with Crippen LogP contribution in [0.15, 0.2) is 39.4 Å². The smallest absolute Gasteiger partial charge is 0.417 e. The normalized spacial score (nSPS) is 11.6. The Bertz CT molecular complexity index is 743. The second-order valence-electron chi connectivity index (χ2n) is 5.80. The second kappa shape index (κ2) is 5.59. The maximum absolute atomic E-state index is 5.39. The third-order valence-corrected chi connectivity index (χ3v) is 2.89. The summed E-state index contributed by atoms with van der Waals surface area (Å²) in [4.78, 5) is 8.43. The highest BCUT2D eigenvalue weighted by Crippen LogP contribution is 2.21. The van der Waals surface area contributed by atoms with Crippen molar-refractivity contribution in [1.29, 1.82) is 0 Å². The Labute approximate surface area is 127 Å². The molecule has 22 heavy (non-hydrogen) atoms. The molecule has 3 rings (SSSR count). The SMILES string of the molecule is CC(C)(C)c1noc(OCc2noc(-c3ccccc3)n2)n1. The lowest BCUT2D eigenvalue weighted by atomic mass is 9.96. The van der Waals surface area contributed by atoms with Crippen LogP contribution in [-0.4, -0.2) is 20.3 Å². The van der Waals surface area contributed by atoms with Gasteiger partial charge in [0.1, 0.15) is 0 Å². The van der Waals surface area contributed by atoms with Gasteiger partial charge in [-0.2, -0.15) is 9.97 Å². The number of ether oxygens (including phenoxy) is 1. The highest BCUT2D eigenvalue weighted by molar-refractivity contribution is 5.51. The first-order valence-electron chi connectivity index (χ1n) is 6.87. The Morgan fingerprint density at radius 2 is 1.77 bits per heavy atom. The highest BCUT2D eigenvalue weighted by atomic mass is 16.6. The van der Waals surface area contributed by atoms with E-state index in [2.05, 4.69) is 20.3 Å². The molecule has 0 aliphatic heterocycles. The van der Waals surface area contributed by atoms with Crippen LogP contribution in [0.2, 0.25) is 0 Å². The average Bonchev–Trinajstić information content (AvgIpc) is 3.15. The third kappa shape index (κ3) is 3.13. The molecule has 0 saturated heterocycles. The monoisotopic (exact) mass is 300 g/mol. The van der Waals surface area contributed by atoms with E-state index in [1.54, 1.807) is 0 Å². The van der Waals surface area contributed by atoms with Crippen molar-refractivity contribution >= 4 is 0 Å². The fourth-order valence-electron chi connectivity index (χ4n) is 1.71. The number of hydrogen-bond donors (Lipinski definition) is 0. The van der Waals surface area contributed by atoms with Crippen LogP contribution in [0.1, 0.15) is 32.4 Å². The predicted octanol–water partition coefficient (Wildman–Crippen LogP) is 3.00. The van der Waals surface area contributed by atoms with Gasteiger partial charge >= 0.3 is 6.08 Å². The molecule has 2 aromatic heterocycles. The minimum absolute atomic E-state index is 0.0935. The van der Waals surface area contributed by atoms with Gasteiger partial charge in [-0.15, -0.1) is 0 Å². The Kier molecular flexibility index (Phi) is 3.62. The molecule has 2 heterocycles. The van der Waals surface area contributed by atoms with Crippen LogP contribution in [0.5, 0.6) is 6.08 Å². The Morgan fingerprint density at radius 1 is 1.00 bits per heavy atom. The van der Waals surface area contributed by atoms with Gasteiger partial charge in [0.05, 0.1) is 0 Å². The minimum Gasteiger partial charge on any atom is -0.440 e. The zero-order valence-electron chi connectivity index (χ0n) is 12.6. The molecule has 0 aliphatic rings. The molecule has 0 saturated carbocycles. The van der Waals surface area contributed by atoms with Crippen molar-refractivity contribution in [1.82, 2.24) is 20.3 Å². The molecule has 1 aromatic carbocycles. The van der Waals surface area contributed by atoms with Crippen LogP contribution < -0.4 is 4.74 Å². The number of aromatic nitrogens is 4. The van der Waals surface area contributed by atoms with Gasteiger partial charge in [0.2, 0.25) is 5.82 Å². The van der Waals surface area contributed by atoms with Crippen molar-refractivity contribution in [2.75, 3.05) is 0 Å². The van der Waals surface area contributed by atoms with Crippen LogP contribution >= 0.6 is 0 Å². The van der Waals surface area contributed by atoms with Gasteiger partial charge in [-0.05, 0) is 12.1 Å². The first kappa shape index (κ1) is 14.2. The largest absolute Gasteiger partial charge is 0.440 e. The van der Waals surface area contributed by atoms with Gasteiger partial charge < -0.3 is 9.26 Å². The molecular formula is C15H16N4O3. The van der Waals surface area contributed by atoms with E-state index in [0.29, 0.717) is 17.5 Å². The quantitative estimate of drug-likeness (QED) is 0.731. The van der Waals surface area contributed by atoms with E-state index in [9.17, 15) is 0 Å². The maximum Gasteiger partial charge on any atom is 0.417 e. The third-order valence-electron chi connectivity index (χ3n) is 2.89. The number of rotatable bonds is 4. The summed E-state index contributed by atoms with van der Waals surface area (Å²) in [5.74, 6) is 1.44. The lowest BCUT2D eigenvalue weighted by molar-refractivity contribution is 0.187. The van der Waals surface area contributed by atoms with Crippen LogP contribution in [-0.2, 0) is 12.0 Å². The van der Waals surface area contributed by atoms with Gasteiger partial charge in [0, 0.05) is 11.0 Å². The van der Waals surface area contributed by atoms with Gasteiger partial charge in [-0.3, -0.25) is 4.52 Å². The summed E-state index contributed by atoms with van der Waals surface area (Å²) in [6.07, 6.45) is 0.0935. The zero-order chi connectivity index (χ0) is 15.6. The van der Waals surface area contributed by atoms with E-state index in [4.69, 9.17) is 13.8 Å². The standard InChI is InChI=1S/C15H16N4O3/c1-15(2,3)13-17-14(22-19-13)20-9-11-16-12(21-18-11)10-7-5-4-6-8-10/h4-8H,9H2,1-3H3. The summed E-state index contributed by atoms with van der Waals surface area (Å²) < 4.78 is 15.6. The number of benzene rings is 1. The fourth-order valence-corrected chi connectivity index (χ4v) is 1.71. The summed E-state index contributed by atoms with van der Waals surface area (Å²) in [5.41, 5.74) is 0.659. The van der Waals surface area contributed by atoms with E-state index >= 15 is 0 Å².